The fourth-order valence-corrected chi connectivity index (χ4v) is 11.3. The lowest BCUT2D eigenvalue weighted by atomic mass is 10.0. The standard InChI is InChI=1S/C65H126O17P2/c1-7-9-11-13-15-17-18-19-22-25-29-36-42-48-63(68)76-53-60(81-64(69)49-43-37-30-26-23-20-21-24-27-33-39-45-57(3)4)55-79-83(71,72)77-51-59(66)52-78-84(73,74)80-56-61(54-75-62(67)47-41-35-28-16-14-12-10-8-2)82-65(70)50-44-38-32-31-34-40-46-58(5)6/h57-61,66H,7-56H2,1-6H3,(H,71,72)(H,73,74)/t59-,60-,61-/m1/s1. The van der Waals surface area contributed by atoms with Gasteiger partial charge in [-0.3, -0.25) is 37.3 Å². The second-order valence-electron chi connectivity index (χ2n) is 24.5. The van der Waals surface area contributed by atoms with Crippen LogP contribution in [0.25, 0.3) is 0 Å². The molecule has 0 aliphatic heterocycles. The summed E-state index contributed by atoms with van der Waals surface area (Å²) >= 11 is 0. The van der Waals surface area contributed by atoms with Crippen molar-refractivity contribution in [2.75, 3.05) is 39.6 Å². The van der Waals surface area contributed by atoms with Gasteiger partial charge in [-0.15, -0.1) is 0 Å². The molecule has 17 nitrogen and oxygen atoms in total. The van der Waals surface area contributed by atoms with Crippen molar-refractivity contribution in [3.8, 4) is 0 Å². The van der Waals surface area contributed by atoms with Gasteiger partial charge in [-0.2, -0.15) is 0 Å². The number of carbonyl (C=O) groups is 4. The third-order valence-corrected chi connectivity index (χ3v) is 16.9. The Morgan fingerprint density at radius 3 is 0.810 bits per heavy atom. The van der Waals surface area contributed by atoms with Gasteiger partial charge in [0, 0.05) is 25.7 Å². The summed E-state index contributed by atoms with van der Waals surface area (Å²) in [6, 6.07) is 0. The molecule has 0 aromatic heterocycles. The SMILES string of the molecule is CCCCCCCCCCCCCCCC(=O)OC[C@H](COP(=O)(O)OC[C@@H](O)COP(=O)(O)OC[C@@H](COC(=O)CCCCCCCCCC)OC(=O)CCCCCCCCC(C)C)OC(=O)CCCCCCCCCCCCCC(C)C. The summed E-state index contributed by atoms with van der Waals surface area (Å²) in [5, 5.41) is 10.5. The summed E-state index contributed by atoms with van der Waals surface area (Å²) in [7, 11) is -9.89. The maximum Gasteiger partial charge on any atom is 0.472 e. The average molecular weight is 1240 g/mol. The van der Waals surface area contributed by atoms with Crippen LogP contribution in [0.4, 0.5) is 0 Å². The smallest absolute Gasteiger partial charge is 0.462 e. The number of ether oxygens (including phenoxy) is 4. The van der Waals surface area contributed by atoms with E-state index in [0.717, 1.165) is 102 Å². The molecule has 498 valence electrons. The molecule has 0 aliphatic carbocycles. The van der Waals surface area contributed by atoms with Crippen LogP contribution < -0.4 is 0 Å². The van der Waals surface area contributed by atoms with Crippen molar-refractivity contribution >= 4 is 39.5 Å². The second-order valence-corrected chi connectivity index (χ2v) is 27.4. The molecule has 0 aromatic carbocycles. The number of phosphoric acid groups is 2. The van der Waals surface area contributed by atoms with E-state index in [4.69, 9.17) is 37.0 Å². The van der Waals surface area contributed by atoms with Crippen LogP contribution >= 0.6 is 15.6 Å². The van der Waals surface area contributed by atoms with Crippen LogP contribution in [0.5, 0.6) is 0 Å². The molecule has 0 fully saturated rings. The zero-order chi connectivity index (χ0) is 62.2. The molecule has 5 atom stereocenters. The molecule has 0 aromatic rings. The summed E-state index contributed by atoms with van der Waals surface area (Å²) in [6.07, 6.45) is 40.5. The zero-order valence-corrected chi connectivity index (χ0v) is 56.0. The average Bonchev–Trinajstić information content (AvgIpc) is 3.63. The number of rotatable bonds is 64. The van der Waals surface area contributed by atoms with E-state index >= 15 is 0 Å². The molecule has 0 rings (SSSR count). The van der Waals surface area contributed by atoms with E-state index in [1.807, 2.05) is 0 Å². The molecule has 0 amide bonds. The van der Waals surface area contributed by atoms with Crippen LogP contribution in [-0.4, -0.2) is 96.7 Å². The summed E-state index contributed by atoms with van der Waals surface area (Å²) in [5.74, 6) is -0.702. The van der Waals surface area contributed by atoms with Gasteiger partial charge in [-0.25, -0.2) is 9.13 Å². The Balaban J connectivity index is 5.22. The second kappa shape index (κ2) is 57.5. The lowest BCUT2D eigenvalue weighted by molar-refractivity contribution is -0.161. The normalized spacial score (nSPS) is 14.3. The van der Waals surface area contributed by atoms with Crippen LogP contribution in [0, 0.1) is 11.8 Å². The Bertz CT molecular complexity index is 1650. The molecule has 0 saturated heterocycles. The topological polar surface area (TPSA) is 237 Å². The maximum absolute atomic E-state index is 13.0. The number of hydrogen-bond donors (Lipinski definition) is 3. The van der Waals surface area contributed by atoms with Crippen molar-refractivity contribution in [1.29, 1.82) is 0 Å². The van der Waals surface area contributed by atoms with Crippen molar-refractivity contribution in [2.24, 2.45) is 11.8 Å². The molecule has 84 heavy (non-hydrogen) atoms. The van der Waals surface area contributed by atoms with Crippen molar-refractivity contribution in [3.05, 3.63) is 0 Å². The van der Waals surface area contributed by atoms with Crippen molar-refractivity contribution in [3.63, 3.8) is 0 Å². The first-order valence-corrected chi connectivity index (χ1v) is 37.0. The first-order valence-electron chi connectivity index (χ1n) is 34.0. The van der Waals surface area contributed by atoms with E-state index in [9.17, 15) is 43.2 Å². The Morgan fingerprint density at radius 1 is 0.321 bits per heavy atom. The van der Waals surface area contributed by atoms with Crippen LogP contribution in [0.3, 0.4) is 0 Å². The highest BCUT2D eigenvalue weighted by Crippen LogP contribution is 2.45. The fraction of sp³-hybridized carbons (Fsp3) is 0.938. The highest BCUT2D eigenvalue weighted by molar-refractivity contribution is 7.47. The maximum atomic E-state index is 13.0. The molecular formula is C65H126O17P2. The van der Waals surface area contributed by atoms with Gasteiger partial charge in [0.2, 0.25) is 0 Å². The minimum absolute atomic E-state index is 0.102. The van der Waals surface area contributed by atoms with E-state index in [1.54, 1.807) is 0 Å². The quantitative estimate of drug-likeness (QED) is 0.0222. The summed E-state index contributed by atoms with van der Waals surface area (Å²) in [4.78, 5) is 72.2. The van der Waals surface area contributed by atoms with Gasteiger partial charge in [0.25, 0.3) is 0 Å². The highest BCUT2D eigenvalue weighted by Gasteiger charge is 2.30. The molecule has 0 heterocycles. The number of aliphatic hydroxyl groups is 1. The molecule has 0 bridgehead atoms. The number of esters is 4. The van der Waals surface area contributed by atoms with Crippen LogP contribution in [0.2, 0.25) is 0 Å². The van der Waals surface area contributed by atoms with Gasteiger partial charge in [0.1, 0.15) is 19.3 Å². The van der Waals surface area contributed by atoms with E-state index in [-0.39, 0.29) is 25.7 Å². The minimum atomic E-state index is -4.95. The zero-order valence-electron chi connectivity index (χ0n) is 54.2. The first-order chi connectivity index (χ1) is 40.4. The number of unbranched alkanes of at least 4 members (excludes halogenated alkanes) is 34. The van der Waals surface area contributed by atoms with Crippen molar-refractivity contribution in [1.82, 2.24) is 0 Å². The predicted octanol–water partition coefficient (Wildman–Crippen LogP) is 18.0. The van der Waals surface area contributed by atoms with Gasteiger partial charge in [-0.05, 0) is 37.5 Å². The van der Waals surface area contributed by atoms with Crippen molar-refractivity contribution in [2.45, 2.75) is 342 Å². The molecule has 0 aliphatic rings. The molecule has 2 unspecified atom stereocenters. The van der Waals surface area contributed by atoms with Crippen LogP contribution in [0.15, 0.2) is 0 Å². The van der Waals surface area contributed by atoms with Gasteiger partial charge < -0.3 is 33.8 Å². The van der Waals surface area contributed by atoms with Gasteiger partial charge >= 0.3 is 39.5 Å². The summed E-state index contributed by atoms with van der Waals surface area (Å²) in [6.45, 7) is 9.39. The van der Waals surface area contributed by atoms with Crippen LogP contribution in [0.1, 0.15) is 324 Å². The number of carbonyl (C=O) groups excluding carboxylic acids is 4. The molecule has 3 N–H and O–H groups in total. The minimum Gasteiger partial charge on any atom is -0.462 e. The summed E-state index contributed by atoms with van der Waals surface area (Å²) < 4.78 is 68.0. The third kappa shape index (κ3) is 59.0. The lowest BCUT2D eigenvalue weighted by Crippen LogP contribution is -2.30. The Kier molecular flexibility index (Phi) is 56.2. The number of hydrogen-bond acceptors (Lipinski definition) is 15. The van der Waals surface area contributed by atoms with Crippen LogP contribution in [-0.2, 0) is 65.4 Å². The van der Waals surface area contributed by atoms with Crippen molar-refractivity contribution < 1.29 is 80.2 Å². The Morgan fingerprint density at radius 2 is 0.548 bits per heavy atom. The Labute approximate surface area is 511 Å². The monoisotopic (exact) mass is 1240 g/mol. The van der Waals surface area contributed by atoms with E-state index in [2.05, 4.69) is 41.5 Å². The van der Waals surface area contributed by atoms with Gasteiger partial charge in [0.05, 0.1) is 26.4 Å². The van der Waals surface area contributed by atoms with Gasteiger partial charge in [0.15, 0.2) is 12.2 Å². The first kappa shape index (κ1) is 82.1. The summed E-state index contributed by atoms with van der Waals surface area (Å²) in [5.41, 5.74) is 0. The molecule has 0 radical (unpaired) electrons. The Hall–Kier alpha value is -1.94. The molecular weight excluding hydrogens is 1110 g/mol. The van der Waals surface area contributed by atoms with E-state index in [0.29, 0.717) is 31.6 Å². The van der Waals surface area contributed by atoms with E-state index in [1.165, 1.54) is 135 Å². The predicted molar refractivity (Wildman–Crippen MR) is 335 cm³/mol. The number of aliphatic hydroxyl groups excluding tert-OH is 1. The molecule has 19 heteroatoms. The fourth-order valence-electron chi connectivity index (χ4n) is 9.71. The highest BCUT2D eigenvalue weighted by atomic mass is 31.2. The largest absolute Gasteiger partial charge is 0.472 e. The van der Waals surface area contributed by atoms with E-state index < -0.39 is 97.5 Å². The number of phosphoric ester groups is 2. The van der Waals surface area contributed by atoms with Gasteiger partial charge in [-0.1, -0.05) is 273 Å². The molecule has 0 spiro atoms. The third-order valence-electron chi connectivity index (χ3n) is 15.0. The lowest BCUT2D eigenvalue weighted by Gasteiger charge is -2.21. The molecule has 0 saturated carbocycles.